The number of hydrogen-bond donors (Lipinski definition) is 3. The van der Waals surface area contributed by atoms with Crippen LogP contribution in [0.2, 0.25) is 0 Å². The van der Waals surface area contributed by atoms with Crippen molar-refractivity contribution in [2.75, 3.05) is 13.2 Å². The molecule has 2 heterocycles. The smallest absolute Gasteiger partial charge is 0.247 e. The lowest BCUT2D eigenvalue weighted by molar-refractivity contribution is -0.139. The minimum atomic E-state index is -1.02. The molecular formula is C24H26N2O6. The molecule has 1 aromatic heterocycles. The average molecular weight is 438 g/mol. The fraction of sp³-hybridized carbons (Fsp3) is 0.417. The summed E-state index contributed by atoms with van der Waals surface area (Å²) in [5, 5.41) is 23.3. The van der Waals surface area contributed by atoms with Crippen molar-refractivity contribution in [1.29, 1.82) is 0 Å². The number of aliphatic hydroxyl groups excluding tert-OH is 2. The molecule has 3 aliphatic rings. The second-order valence-electron chi connectivity index (χ2n) is 8.55. The number of amides is 2. The Morgan fingerprint density at radius 1 is 1.19 bits per heavy atom. The van der Waals surface area contributed by atoms with E-state index >= 15 is 0 Å². The van der Waals surface area contributed by atoms with Gasteiger partial charge in [-0.1, -0.05) is 18.2 Å². The molecule has 2 amide bonds. The van der Waals surface area contributed by atoms with Crippen LogP contribution in [-0.2, 0) is 16.1 Å². The second-order valence-corrected chi connectivity index (χ2v) is 8.55. The van der Waals surface area contributed by atoms with Gasteiger partial charge in [-0.2, -0.15) is 0 Å². The van der Waals surface area contributed by atoms with Gasteiger partial charge in [-0.3, -0.25) is 9.59 Å². The molecule has 2 aliphatic carbocycles. The zero-order valence-electron chi connectivity index (χ0n) is 17.5. The normalized spacial score (nSPS) is 25.9. The Morgan fingerprint density at radius 2 is 2.00 bits per heavy atom. The number of carbonyl (C=O) groups excluding carboxylic acids is 2. The summed E-state index contributed by atoms with van der Waals surface area (Å²) >= 11 is 0. The lowest BCUT2D eigenvalue weighted by Crippen LogP contribution is -2.55. The molecule has 5 rings (SSSR count). The van der Waals surface area contributed by atoms with Gasteiger partial charge in [-0.05, 0) is 31.1 Å². The molecule has 1 saturated carbocycles. The number of rotatable bonds is 7. The summed E-state index contributed by atoms with van der Waals surface area (Å²) in [6.07, 6.45) is 4.75. The van der Waals surface area contributed by atoms with Crippen LogP contribution in [0, 0.1) is 5.92 Å². The van der Waals surface area contributed by atoms with Gasteiger partial charge in [0.2, 0.25) is 11.8 Å². The number of hydrogen-bond acceptors (Lipinski definition) is 6. The monoisotopic (exact) mass is 438 g/mol. The van der Waals surface area contributed by atoms with Crippen molar-refractivity contribution in [2.24, 2.45) is 5.92 Å². The molecule has 4 unspecified atom stereocenters. The van der Waals surface area contributed by atoms with E-state index in [1.807, 2.05) is 24.3 Å². The molecule has 0 spiro atoms. The fourth-order valence-corrected chi connectivity index (χ4v) is 4.67. The van der Waals surface area contributed by atoms with Gasteiger partial charge in [-0.25, -0.2) is 0 Å². The SMILES string of the molecule is O=C(NCCO)C1=CC(N(Cc2ccoc2)C(=O)C2CC2)C(O)C2Oc3ccccc3C12. The highest BCUT2D eigenvalue weighted by Crippen LogP contribution is 2.47. The highest BCUT2D eigenvalue weighted by Gasteiger charge is 2.51. The van der Waals surface area contributed by atoms with Crippen LogP contribution in [0.3, 0.4) is 0 Å². The van der Waals surface area contributed by atoms with E-state index in [9.17, 15) is 14.7 Å². The summed E-state index contributed by atoms with van der Waals surface area (Å²) in [6, 6.07) is 8.47. The van der Waals surface area contributed by atoms with Crippen LogP contribution in [0.1, 0.15) is 29.9 Å². The fourth-order valence-electron chi connectivity index (χ4n) is 4.67. The highest BCUT2D eigenvalue weighted by atomic mass is 16.5. The Labute approximate surface area is 185 Å². The van der Waals surface area contributed by atoms with Crippen LogP contribution in [0.4, 0.5) is 0 Å². The van der Waals surface area contributed by atoms with E-state index in [2.05, 4.69) is 5.32 Å². The largest absolute Gasteiger partial charge is 0.486 e. The molecule has 3 N–H and O–H groups in total. The predicted molar refractivity (Wildman–Crippen MR) is 114 cm³/mol. The van der Waals surface area contributed by atoms with Crippen LogP contribution in [0.5, 0.6) is 5.75 Å². The Kier molecular flexibility index (Phi) is 5.48. The molecule has 0 saturated heterocycles. The topological polar surface area (TPSA) is 112 Å². The number of para-hydroxylation sites is 1. The summed E-state index contributed by atoms with van der Waals surface area (Å²) < 4.78 is 11.3. The van der Waals surface area contributed by atoms with E-state index in [-0.39, 0.29) is 37.4 Å². The van der Waals surface area contributed by atoms with Gasteiger partial charge in [0.05, 0.1) is 31.1 Å². The van der Waals surface area contributed by atoms with E-state index in [0.29, 0.717) is 11.3 Å². The van der Waals surface area contributed by atoms with Crippen molar-refractivity contribution < 1.29 is 29.0 Å². The number of benzene rings is 1. The molecule has 2 aromatic rings. The molecule has 32 heavy (non-hydrogen) atoms. The van der Waals surface area contributed by atoms with E-state index in [4.69, 9.17) is 14.3 Å². The Morgan fingerprint density at radius 3 is 2.72 bits per heavy atom. The maximum atomic E-state index is 13.2. The number of fused-ring (bicyclic) bond motifs is 3. The standard InChI is InChI=1S/C24H26N2O6/c27-9-8-25-23(29)17-11-18(21(28)22-20(17)16-3-1-2-4-19(16)32-22)26(24(30)15-5-6-15)12-14-7-10-31-13-14/h1-4,7,10-11,13,15,18,20-22,27-28H,5-6,8-9,12H2,(H,25,29). The third kappa shape index (κ3) is 3.69. The summed E-state index contributed by atoms with van der Waals surface area (Å²) in [7, 11) is 0. The van der Waals surface area contributed by atoms with Gasteiger partial charge < -0.3 is 29.6 Å². The van der Waals surface area contributed by atoms with E-state index in [1.54, 1.807) is 29.6 Å². The first-order valence-corrected chi connectivity index (χ1v) is 10.9. The molecule has 0 radical (unpaired) electrons. The number of carbonyl (C=O) groups is 2. The van der Waals surface area contributed by atoms with Crippen molar-refractivity contribution in [3.63, 3.8) is 0 Å². The number of nitrogens with zero attached hydrogens (tertiary/aromatic N) is 1. The van der Waals surface area contributed by atoms with E-state index < -0.39 is 24.2 Å². The summed E-state index contributed by atoms with van der Waals surface area (Å²) in [4.78, 5) is 27.9. The Balaban J connectivity index is 1.54. The van der Waals surface area contributed by atoms with Crippen molar-refractivity contribution >= 4 is 11.8 Å². The summed E-state index contributed by atoms with van der Waals surface area (Å²) in [5.41, 5.74) is 2.07. The summed E-state index contributed by atoms with van der Waals surface area (Å²) in [6.45, 7) is 0.196. The van der Waals surface area contributed by atoms with Gasteiger partial charge in [0, 0.05) is 35.7 Å². The number of furan rings is 1. The van der Waals surface area contributed by atoms with Gasteiger partial charge in [0.25, 0.3) is 0 Å². The van der Waals surface area contributed by atoms with Crippen LogP contribution >= 0.6 is 0 Å². The van der Waals surface area contributed by atoms with E-state index in [0.717, 1.165) is 24.0 Å². The minimum Gasteiger partial charge on any atom is -0.486 e. The van der Waals surface area contributed by atoms with Crippen molar-refractivity contribution in [3.05, 3.63) is 65.6 Å². The Bertz CT molecular complexity index is 1030. The van der Waals surface area contributed by atoms with Crippen LogP contribution < -0.4 is 10.1 Å². The zero-order valence-corrected chi connectivity index (χ0v) is 17.5. The average Bonchev–Trinajstić information content (AvgIpc) is 3.39. The van der Waals surface area contributed by atoms with Crippen molar-refractivity contribution in [2.45, 2.75) is 43.6 Å². The molecule has 1 aliphatic heterocycles. The third-order valence-electron chi connectivity index (χ3n) is 6.38. The van der Waals surface area contributed by atoms with Gasteiger partial charge in [0.1, 0.15) is 18.0 Å². The maximum Gasteiger partial charge on any atom is 0.247 e. The highest BCUT2D eigenvalue weighted by molar-refractivity contribution is 5.96. The van der Waals surface area contributed by atoms with Crippen LogP contribution in [0.15, 0.2) is 58.9 Å². The second kappa shape index (κ2) is 8.44. The van der Waals surface area contributed by atoms with Crippen molar-refractivity contribution in [3.8, 4) is 5.75 Å². The minimum absolute atomic E-state index is 0.0458. The quantitative estimate of drug-likeness (QED) is 0.602. The number of aliphatic hydroxyl groups is 2. The molecule has 8 heteroatoms. The molecule has 4 atom stereocenters. The first kappa shape index (κ1) is 20.8. The first-order chi connectivity index (χ1) is 15.6. The number of ether oxygens (including phenoxy) is 1. The maximum absolute atomic E-state index is 13.2. The van der Waals surface area contributed by atoms with Crippen LogP contribution in [-0.4, -0.2) is 58.3 Å². The van der Waals surface area contributed by atoms with Crippen LogP contribution in [0.25, 0.3) is 0 Å². The number of nitrogens with one attached hydrogen (secondary N) is 1. The zero-order chi connectivity index (χ0) is 22.2. The molecule has 0 bridgehead atoms. The molecule has 8 nitrogen and oxygen atoms in total. The predicted octanol–water partition coefficient (Wildman–Crippen LogP) is 1.34. The van der Waals surface area contributed by atoms with Gasteiger partial charge in [0.15, 0.2) is 0 Å². The summed E-state index contributed by atoms with van der Waals surface area (Å²) in [5.74, 6) is -0.279. The third-order valence-corrected chi connectivity index (χ3v) is 6.38. The van der Waals surface area contributed by atoms with Crippen molar-refractivity contribution in [1.82, 2.24) is 10.2 Å². The molecule has 1 aromatic carbocycles. The lowest BCUT2D eigenvalue weighted by Gasteiger charge is -2.40. The molecular weight excluding hydrogens is 412 g/mol. The molecule has 168 valence electrons. The Hall–Kier alpha value is -3.10. The lowest BCUT2D eigenvalue weighted by atomic mass is 9.77. The van der Waals surface area contributed by atoms with E-state index in [1.165, 1.54) is 0 Å². The van der Waals surface area contributed by atoms with Gasteiger partial charge >= 0.3 is 0 Å². The van der Waals surface area contributed by atoms with Gasteiger partial charge in [-0.15, -0.1) is 0 Å². The molecule has 1 fully saturated rings. The first-order valence-electron chi connectivity index (χ1n) is 10.9.